The second-order valence-corrected chi connectivity index (χ2v) is 6.94. The van der Waals surface area contributed by atoms with Gasteiger partial charge in [0.05, 0.1) is 18.4 Å². The van der Waals surface area contributed by atoms with E-state index in [1.165, 1.54) is 38.8 Å². The molecule has 2 aromatic rings. The van der Waals surface area contributed by atoms with Crippen molar-refractivity contribution < 1.29 is 9.53 Å². The number of hydrogen-bond acceptors (Lipinski definition) is 5. The van der Waals surface area contributed by atoms with Gasteiger partial charge in [0.15, 0.2) is 0 Å². The van der Waals surface area contributed by atoms with E-state index in [1.807, 2.05) is 6.92 Å². The van der Waals surface area contributed by atoms with Gasteiger partial charge in [0.2, 0.25) is 5.95 Å². The van der Waals surface area contributed by atoms with E-state index in [-0.39, 0.29) is 5.91 Å². The molecule has 0 aliphatic heterocycles. The van der Waals surface area contributed by atoms with Crippen molar-refractivity contribution in [3.63, 3.8) is 0 Å². The fourth-order valence-corrected chi connectivity index (χ4v) is 3.23. The fourth-order valence-electron chi connectivity index (χ4n) is 3.07. The molecule has 1 aliphatic rings. The van der Waals surface area contributed by atoms with Crippen molar-refractivity contribution in [3.8, 4) is 5.75 Å². The van der Waals surface area contributed by atoms with Crippen LogP contribution >= 0.6 is 11.6 Å². The summed E-state index contributed by atoms with van der Waals surface area (Å²) in [6, 6.07) is 3.88. The molecule has 0 radical (unpaired) electrons. The molecule has 7 heteroatoms. The standard InChI is InChI=1S/C19H23ClN4O2/c1-12-8-16(17(26-2)9-15(12)20)24-18(25)13-10-21-19(22-11-13)23-14-6-4-3-5-7-14/h8-11,14H,3-7H2,1-2H3,(H,24,25)(H,21,22,23). The molecule has 0 bridgehead atoms. The lowest BCUT2D eigenvalue weighted by molar-refractivity contribution is 0.102. The second kappa shape index (κ2) is 8.36. The van der Waals surface area contributed by atoms with Crippen LogP contribution in [0.4, 0.5) is 11.6 Å². The largest absolute Gasteiger partial charge is 0.495 e. The number of benzene rings is 1. The van der Waals surface area contributed by atoms with Gasteiger partial charge >= 0.3 is 0 Å². The summed E-state index contributed by atoms with van der Waals surface area (Å²) in [5.74, 6) is 0.771. The highest BCUT2D eigenvalue weighted by Crippen LogP contribution is 2.31. The molecule has 3 rings (SSSR count). The second-order valence-electron chi connectivity index (χ2n) is 6.53. The third-order valence-electron chi connectivity index (χ3n) is 4.58. The van der Waals surface area contributed by atoms with Crippen LogP contribution < -0.4 is 15.4 Å². The number of carbonyl (C=O) groups is 1. The van der Waals surface area contributed by atoms with Crippen molar-refractivity contribution in [2.75, 3.05) is 17.7 Å². The monoisotopic (exact) mass is 374 g/mol. The van der Waals surface area contributed by atoms with E-state index < -0.39 is 0 Å². The highest BCUT2D eigenvalue weighted by molar-refractivity contribution is 6.31. The first kappa shape index (κ1) is 18.5. The average Bonchev–Trinajstić information content (AvgIpc) is 2.66. The number of nitrogens with zero attached hydrogens (tertiary/aromatic N) is 2. The quantitative estimate of drug-likeness (QED) is 0.808. The van der Waals surface area contributed by atoms with Gasteiger partial charge < -0.3 is 15.4 Å². The SMILES string of the molecule is COc1cc(Cl)c(C)cc1NC(=O)c1cnc(NC2CCCCC2)nc1. The Hall–Kier alpha value is -2.34. The van der Waals surface area contributed by atoms with Crippen molar-refractivity contribution in [3.05, 3.63) is 40.7 Å². The molecule has 0 spiro atoms. The number of halogens is 1. The van der Waals surface area contributed by atoms with E-state index in [0.29, 0.717) is 34.0 Å². The van der Waals surface area contributed by atoms with Crippen molar-refractivity contribution >= 4 is 29.1 Å². The first-order chi connectivity index (χ1) is 12.6. The van der Waals surface area contributed by atoms with Gasteiger partial charge in [-0.3, -0.25) is 4.79 Å². The van der Waals surface area contributed by atoms with Gasteiger partial charge in [0.25, 0.3) is 5.91 Å². The van der Waals surface area contributed by atoms with E-state index in [4.69, 9.17) is 16.3 Å². The molecule has 1 fully saturated rings. The molecule has 26 heavy (non-hydrogen) atoms. The van der Waals surface area contributed by atoms with Crippen molar-refractivity contribution in [1.29, 1.82) is 0 Å². The number of rotatable bonds is 5. The van der Waals surface area contributed by atoms with E-state index in [2.05, 4.69) is 20.6 Å². The summed E-state index contributed by atoms with van der Waals surface area (Å²) in [4.78, 5) is 21.0. The molecule has 138 valence electrons. The average molecular weight is 375 g/mol. The van der Waals surface area contributed by atoms with E-state index in [9.17, 15) is 4.79 Å². The first-order valence-electron chi connectivity index (χ1n) is 8.81. The van der Waals surface area contributed by atoms with Crippen LogP contribution in [0.2, 0.25) is 5.02 Å². The molecule has 1 aromatic carbocycles. The van der Waals surface area contributed by atoms with Crippen LogP contribution in [-0.4, -0.2) is 29.0 Å². The lowest BCUT2D eigenvalue weighted by Gasteiger charge is -2.22. The van der Waals surface area contributed by atoms with Gasteiger partial charge in [-0.05, 0) is 31.4 Å². The number of anilines is 2. The maximum atomic E-state index is 12.5. The predicted molar refractivity (Wildman–Crippen MR) is 103 cm³/mol. The zero-order chi connectivity index (χ0) is 18.5. The summed E-state index contributed by atoms with van der Waals surface area (Å²) in [5, 5.41) is 6.75. The van der Waals surface area contributed by atoms with Crippen LogP contribution in [0.3, 0.4) is 0 Å². The molecular formula is C19H23ClN4O2. The van der Waals surface area contributed by atoms with Gasteiger partial charge in [-0.25, -0.2) is 9.97 Å². The number of nitrogens with one attached hydrogen (secondary N) is 2. The number of amides is 1. The van der Waals surface area contributed by atoms with Crippen LogP contribution in [0.15, 0.2) is 24.5 Å². The maximum absolute atomic E-state index is 12.5. The lowest BCUT2D eigenvalue weighted by atomic mass is 9.96. The summed E-state index contributed by atoms with van der Waals surface area (Å²) in [7, 11) is 1.53. The van der Waals surface area contributed by atoms with Crippen molar-refractivity contribution in [1.82, 2.24) is 9.97 Å². The molecule has 2 N–H and O–H groups in total. The third-order valence-corrected chi connectivity index (χ3v) is 4.99. The van der Waals surface area contributed by atoms with Crippen LogP contribution in [0.5, 0.6) is 5.75 Å². The molecule has 1 heterocycles. The van der Waals surface area contributed by atoms with Crippen LogP contribution in [0.1, 0.15) is 48.0 Å². The molecule has 1 aliphatic carbocycles. The Kier molecular flexibility index (Phi) is 5.93. The number of aromatic nitrogens is 2. The van der Waals surface area contributed by atoms with Crippen molar-refractivity contribution in [2.45, 2.75) is 45.1 Å². The number of ether oxygens (including phenoxy) is 1. The highest BCUT2D eigenvalue weighted by Gasteiger charge is 2.15. The normalized spacial score (nSPS) is 14.7. The zero-order valence-electron chi connectivity index (χ0n) is 15.0. The fraction of sp³-hybridized carbons (Fsp3) is 0.421. The summed E-state index contributed by atoms with van der Waals surface area (Å²) in [6.07, 6.45) is 9.11. The van der Waals surface area contributed by atoms with Gasteiger partial charge in [-0.1, -0.05) is 30.9 Å². The van der Waals surface area contributed by atoms with Gasteiger partial charge in [-0.2, -0.15) is 0 Å². The number of carbonyl (C=O) groups excluding carboxylic acids is 1. The number of aryl methyl sites for hydroxylation is 1. The summed E-state index contributed by atoms with van der Waals surface area (Å²) >= 11 is 6.10. The Morgan fingerprint density at radius 1 is 1.19 bits per heavy atom. The molecule has 1 amide bonds. The van der Waals surface area contributed by atoms with Crippen molar-refractivity contribution in [2.24, 2.45) is 0 Å². The van der Waals surface area contributed by atoms with E-state index in [1.54, 1.807) is 12.1 Å². The smallest absolute Gasteiger partial charge is 0.258 e. The first-order valence-corrected chi connectivity index (χ1v) is 9.18. The van der Waals surface area contributed by atoms with E-state index in [0.717, 1.165) is 18.4 Å². The summed E-state index contributed by atoms with van der Waals surface area (Å²) in [5.41, 5.74) is 1.80. The Labute approximate surface area is 158 Å². The van der Waals surface area contributed by atoms with Gasteiger partial charge in [0.1, 0.15) is 5.75 Å². The number of hydrogen-bond donors (Lipinski definition) is 2. The van der Waals surface area contributed by atoms with Gasteiger partial charge in [0, 0.05) is 29.5 Å². The highest BCUT2D eigenvalue weighted by atomic mass is 35.5. The third kappa shape index (κ3) is 4.43. The molecule has 0 unspecified atom stereocenters. The molecule has 6 nitrogen and oxygen atoms in total. The van der Waals surface area contributed by atoms with Crippen LogP contribution in [-0.2, 0) is 0 Å². The molecule has 1 saturated carbocycles. The molecular weight excluding hydrogens is 352 g/mol. The Morgan fingerprint density at radius 2 is 1.88 bits per heavy atom. The maximum Gasteiger partial charge on any atom is 0.258 e. The zero-order valence-corrected chi connectivity index (χ0v) is 15.8. The van der Waals surface area contributed by atoms with Gasteiger partial charge in [-0.15, -0.1) is 0 Å². The summed E-state index contributed by atoms with van der Waals surface area (Å²) in [6.45, 7) is 1.87. The Balaban J connectivity index is 1.67. The summed E-state index contributed by atoms with van der Waals surface area (Å²) < 4.78 is 5.28. The minimum atomic E-state index is -0.297. The molecule has 0 saturated heterocycles. The van der Waals surface area contributed by atoms with Crippen LogP contribution in [0.25, 0.3) is 0 Å². The predicted octanol–water partition coefficient (Wildman–Crippen LogP) is 4.44. The number of methoxy groups -OCH3 is 1. The molecule has 0 atom stereocenters. The lowest BCUT2D eigenvalue weighted by Crippen LogP contribution is -2.23. The Morgan fingerprint density at radius 3 is 2.54 bits per heavy atom. The minimum absolute atomic E-state index is 0.297. The van der Waals surface area contributed by atoms with E-state index >= 15 is 0 Å². The minimum Gasteiger partial charge on any atom is -0.495 e. The van der Waals surface area contributed by atoms with Crippen LogP contribution in [0, 0.1) is 6.92 Å². The Bertz CT molecular complexity index is 774. The molecule has 1 aromatic heterocycles. The topological polar surface area (TPSA) is 76.1 Å².